The van der Waals surface area contributed by atoms with Gasteiger partial charge >= 0.3 is 0 Å². The van der Waals surface area contributed by atoms with E-state index >= 15 is 0 Å². The summed E-state index contributed by atoms with van der Waals surface area (Å²) in [6, 6.07) is 9.68. The average Bonchev–Trinajstić information content (AvgIpc) is 2.97. The maximum Gasteiger partial charge on any atom is 0.0862 e. The van der Waals surface area contributed by atoms with Gasteiger partial charge in [0.1, 0.15) is 0 Å². The first-order valence-corrected chi connectivity index (χ1v) is 7.06. The third-order valence-electron chi connectivity index (χ3n) is 4.05. The number of nitrogens with zero attached hydrogens (tertiary/aromatic N) is 3. The summed E-state index contributed by atoms with van der Waals surface area (Å²) in [5.74, 6) is 0. The molecule has 0 spiro atoms. The van der Waals surface area contributed by atoms with Crippen LogP contribution in [-0.2, 0) is 4.74 Å². The van der Waals surface area contributed by atoms with E-state index in [1.807, 2.05) is 30.3 Å². The topological polar surface area (TPSA) is 66.0 Å². The molecule has 1 aliphatic rings. The van der Waals surface area contributed by atoms with Gasteiger partial charge < -0.3 is 10.5 Å². The zero-order chi connectivity index (χ0) is 14.0. The smallest absolute Gasteiger partial charge is 0.0862 e. The number of para-hydroxylation sites is 1. The second-order valence-corrected chi connectivity index (χ2v) is 5.50. The van der Waals surface area contributed by atoms with Gasteiger partial charge in [-0.15, -0.1) is 5.10 Å². The molecule has 2 aromatic rings. The van der Waals surface area contributed by atoms with Gasteiger partial charge in [-0.3, -0.25) is 0 Å². The van der Waals surface area contributed by atoms with E-state index in [-0.39, 0.29) is 11.6 Å². The summed E-state index contributed by atoms with van der Waals surface area (Å²) in [7, 11) is 0. The third-order valence-corrected chi connectivity index (χ3v) is 4.05. The van der Waals surface area contributed by atoms with Crippen molar-refractivity contribution in [2.24, 2.45) is 5.73 Å². The van der Waals surface area contributed by atoms with Crippen LogP contribution in [0.5, 0.6) is 0 Å². The fraction of sp³-hybridized carbons (Fsp3) is 0.467. The maximum atomic E-state index is 6.46. The largest absolute Gasteiger partial charge is 0.373 e. The van der Waals surface area contributed by atoms with Gasteiger partial charge in [0.25, 0.3) is 0 Å². The highest BCUT2D eigenvalue weighted by Gasteiger charge is 2.37. The summed E-state index contributed by atoms with van der Waals surface area (Å²) in [5, 5.41) is 8.19. The van der Waals surface area contributed by atoms with Gasteiger partial charge in [0.15, 0.2) is 0 Å². The molecule has 5 nitrogen and oxygen atoms in total. The first kappa shape index (κ1) is 13.3. The fourth-order valence-corrected chi connectivity index (χ4v) is 2.74. The summed E-state index contributed by atoms with van der Waals surface area (Å²) in [4.78, 5) is 0. The highest BCUT2D eigenvalue weighted by atomic mass is 16.5. The van der Waals surface area contributed by atoms with Crippen LogP contribution in [0, 0.1) is 0 Å². The lowest BCUT2D eigenvalue weighted by atomic mass is 9.87. The van der Waals surface area contributed by atoms with Crippen molar-refractivity contribution in [3.63, 3.8) is 0 Å². The lowest BCUT2D eigenvalue weighted by Gasteiger charge is -2.38. The van der Waals surface area contributed by atoms with Crippen molar-refractivity contribution in [1.29, 1.82) is 0 Å². The van der Waals surface area contributed by atoms with E-state index in [2.05, 4.69) is 17.2 Å². The standard InChI is InChI=1S/C15H20N4O/c1-15(9-5-6-10-20-15)14(16)13-11-17-18-19(13)12-7-3-2-4-8-12/h2-4,7-8,11,14H,5-6,9-10,16H2,1H3. The number of rotatable bonds is 3. The predicted octanol–water partition coefficient (Wildman–Crippen LogP) is 2.23. The van der Waals surface area contributed by atoms with Gasteiger partial charge in [-0.05, 0) is 38.3 Å². The summed E-state index contributed by atoms with van der Waals surface area (Å²) in [6.07, 6.45) is 4.96. The van der Waals surface area contributed by atoms with Crippen molar-refractivity contribution in [2.45, 2.75) is 37.8 Å². The minimum Gasteiger partial charge on any atom is -0.373 e. The monoisotopic (exact) mass is 272 g/mol. The van der Waals surface area contributed by atoms with Crippen LogP contribution in [0.25, 0.3) is 5.69 Å². The molecule has 20 heavy (non-hydrogen) atoms. The van der Waals surface area contributed by atoms with Gasteiger partial charge in [-0.25, -0.2) is 4.68 Å². The maximum absolute atomic E-state index is 6.46. The van der Waals surface area contributed by atoms with E-state index in [0.717, 1.165) is 37.3 Å². The number of hydrogen-bond acceptors (Lipinski definition) is 4. The van der Waals surface area contributed by atoms with E-state index < -0.39 is 0 Å². The highest BCUT2D eigenvalue weighted by Crippen LogP contribution is 2.35. The van der Waals surface area contributed by atoms with Crippen LogP contribution < -0.4 is 5.73 Å². The molecule has 1 fully saturated rings. The molecule has 1 saturated heterocycles. The second-order valence-electron chi connectivity index (χ2n) is 5.50. The van der Waals surface area contributed by atoms with Gasteiger partial charge in [0, 0.05) is 6.61 Å². The van der Waals surface area contributed by atoms with Crippen LogP contribution in [0.2, 0.25) is 0 Å². The van der Waals surface area contributed by atoms with Crippen molar-refractivity contribution in [3.05, 3.63) is 42.2 Å². The molecule has 0 saturated carbocycles. The van der Waals surface area contributed by atoms with Crippen LogP contribution in [0.4, 0.5) is 0 Å². The number of hydrogen-bond donors (Lipinski definition) is 1. The number of benzene rings is 1. The molecule has 1 aliphatic heterocycles. The van der Waals surface area contributed by atoms with Gasteiger partial charge in [0.2, 0.25) is 0 Å². The van der Waals surface area contributed by atoms with Crippen LogP contribution in [-0.4, -0.2) is 27.2 Å². The molecule has 2 atom stereocenters. The van der Waals surface area contributed by atoms with E-state index in [1.165, 1.54) is 0 Å². The van der Waals surface area contributed by atoms with Crippen LogP contribution in [0.1, 0.15) is 37.9 Å². The van der Waals surface area contributed by atoms with Crippen LogP contribution >= 0.6 is 0 Å². The van der Waals surface area contributed by atoms with E-state index in [0.29, 0.717) is 0 Å². The Morgan fingerprint density at radius 3 is 2.80 bits per heavy atom. The van der Waals surface area contributed by atoms with Crippen molar-refractivity contribution >= 4 is 0 Å². The lowest BCUT2D eigenvalue weighted by molar-refractivity contribution is -0.0831. The lowest BCUT2D eigenvalue weighted by Crippen LogP contribution is -2.44. The molecule has 1 aromatic heterocycles. The van der Waals surface area contributed by atoms with Crippen molar-refractivity contribution < 1.29 is 4.74 Å². The van der Waals surface area contributed by atoms with Crippen molar-refractivity contribution in [3.8, 4) is 5.69 Å². The average molecular weight is 272 g/mol. The normalized spacial score (nSPS) is 24.5. The van der Waals surface area contributed by atoms with E-state index in [9.17, 15) is 0 Å². The Balaban J connectivity index is 1.93. The van der Waals surface area contributed by atoms with E-state index in [4.69, 9.17) is 10.5 Å². The minimum absolute atomic E-state index is 0.238. The fourth-order valence-electron chi connectivity index (χ4n) is 2.74. The Bertz CT molecular complexity index is 560. The van der Waals surface area contributed by atoms with Crippen LogP contribution in [0.3, 0.4) is 0 Å². The number of ether oxygens (including phenoxy) is 1. The predicted molar refractivity (Wildman–Crippen MR) is 76.5 cm³/mol. The van der Waals surface area contributed by atoms with E-state index in [1.54, 1.807) is 10.9 Å². The summed E-state index contributed by atoms with van der Waals surface area (Å²) >= 11 is 0. The first-order valence-electron chi connectivity index (χ1n) is 7.06. The molecule has 0 bridgehead atoms. The molecule has 0 radical (unpaired) electrons. The Morgan fingerprint density at radius 2 is 2.10 bits per heavy atom. The van der Waals surface area contributed by atoms with Crippen LogP contribution in [0.15, 0.2) is 36.5 Å². The molecular formula is C15H20N4O. The molecule has 106 valence electrons. The highest BCUT2D eigenvalue weighted by molar-refractivity contribution is 5.32. The Kier molecular flexibility index (Phi) is 3.54. The molecule has 2 N–H and O–H groups in total. The summed E-state index contributed by atoms with van der Waals surface area (Å²) in [6.45, 7) is 2.86. The van der Waals surface area contributed by atoms with Gasteiger partial charge in [0.05, 0.1) is 29.2 Å². The number of aromatic nitrogens is 3. The summed E-state index contributed by atoms with van der Waals surface area (Å²) < 4.78 is 7.75. The Labute approximate surface area is 118 Å². The zero-order valence-electron chi connectivity index (χ0n) is 11.7. The molecule has 2 unspecified atom stereocenters. The SMILES string of the molecule is CC1(C(N)c2cnnn2-c2ccccc2)CCCCO1. The minimum atomic E-state index is -0.341. The quantitative estimate of drug-likeness (QED) is 0.930. The molecule has 5 heteroatoms. The zero-order valence-corrected chi connectivity index (χ0v) is 11.7. The van der Waals surface area contributed by atoms with Crippen molar-refractivity contribution in [1.82, 2.24) is 15.0 Å². The molecular weight excluding hydrogens is 252 g/mol. The third kappa shape index (κ3) is 2.34. The summed E-state index contributed by atoms with van der Waals surface area (Å²) in [5.41, 5.74) is 7.98. The molecule has 1 aromatic carbocycles. The Hall–Kier alpha value is -1.72. The Morgan fingerprint density at radius 1 is 1.30 bits per heavy atom. The van der Waals surface area contributed by atoms with Gasteiger partial charge in [-0.1, -0.05) is 23.4 Å². The second kappa shape index (κ2) is 5.34. The molecule has 2 heterocycles. The molecule has 3 rings (SSSR count). The first-order chi connectivity index (χ1) is 9.71. The number of nitrogens with two attached hydrogens (primary N) is 1. The van der Waals surface area contributed by atoms with Crippen molar-refractivity contribution in [2.75, 3.05) is 6.61 Å². The molecule has 0 amide bonds. The van der Waals surface area contributed by atoms with Gasteiger partial charge in [-0.2, -0.15) is 0 Å². The molecule has 0 aliphatic carbocycles.